The second-order valence-corrected chi connectivity index (χ2v) is 6.76. The Morgan fingerprint density at radius 2 is 2.07 bits per heavy atom. The Kier molecular flexibility index (Phi) is 7.14. The molecular weight excluding hydrogens is 386 g/mol. The molecular formula is C22H21N3O5. The Labute approximate surface area is 173 Å². The molecule has 2 aromatic carbocycles. The number of para-hydroxylation sites is 1. The van der Waals surface area contributed by atoms with Crippen LogP contribution in [0, 0.1) is 21.4 Å². The van der Waals surface area contributed by atoms with Crippen LogP contribution in [0.15, 0.2) is 54.1 Å². The first-order valence-electron chi connectivity index (χ1n) is 9.53. The lowest BCUT2D eigenvalue weighted by Crippen LogP contribution is -2.32. The van der Waals surface area contributed by atoms with Crippen molar-refractivity contribution in [1.29, 1.82) is 5.26 Å². The van der Waals surface area contributed by atoms with E-state index in [0.717, 1.165) is 18.4 Å². The average molecular weight is 407 g/mol. The molecule has 1 aliphatic rings. The zero-order valence-electron chi connectivity index (χ0n) is 16.2. The highest BCUT2D eigenvalue weighted by Crippen LogP contribution is 2.23. The zero-order chi connectivity index (χ0) is 21.3. The van der Waals surface area contributed by atoms with Gasteiger partial charge in [-0.3, -0.25) is 14.9 Å². The number of hydrogen-bond donors (Lipinski definition) is 1. The highest BCUT2D eigenvalue weighted by molar-refractivity contribution is 6.02. The van der Waals surface area contributed by atoms with E-state index >= 15 is 0 Å². The van der Waals surface area contributed by atoms with Gasteiger partial charge in [0.2, 0.25) is 0 Å². The van der Waals surface area contributed by atoms with Crippen LogP contribution in [-0.4, -0.2) is 30.1 Å². The number of non-ortho nitro benzene ring substituents is 1. The summed E-state index contributed by atoms with van der Waals surface area (Å²) in [6.07, 6.45) is 3.34. The van der Waals surface area contributed by atoms with E-state index in [1.54, 1.807) is 36.4 Å². The van der Waals surface area contributed by atoms with E-state index in [1.807, 2.05) is 6.07 Å². The van der Waals surface area contributed by atoms with Gasteiger partial charge in [0, 0.05) is 30.8 Å². The van der Waals surface area contributed by atoms with Crippen molar-refractivity contribution < 1.29 is 19.2 Å². The standard InChI is InChI=1S/C22H21N3O5/c23-13-18(22(26)24-14-20-5-3-11-29-20)12-17-4-1-2-6-21(17)30-15-16-7-9-19(10-8-16)25(27)28/h1-2,4,6-10,12,20H,3,5,11,14-15H2,(H,24,26)/b18-12-/t20-/m0/s1. The molecule has 0 unspecified atom stereocenters. The van der Waals surface area contributed by atoms with Gasteiger partial charge in [0.25, 0.3) is 11.6 Å². The van der Waals surface area contributed by atoms with Gasteiger partial charge in [-0.1, -0.05) is 18.2 Å². The topological polar surface area (TPSA) is 114 Å². The van der Waals surface area contributed by atoms with Crippen LogP contribution < -0.4 is 10.1 Å². The van der Waals surface area contributed by atoms with Crippen LogP contribution in [0.25, 0.3) is 6.08 Å². The first-order chi connectivity index (χ1) is 14.6. The van der Waals surface area contributed by atoms with Crippen molar-refractivity contribution in [2.45, 2.75) is 25.6 Å². The highest BCUT2D eigenvalue weighted by atomic mass is 16.6. The molecule has 154 valence electrons. The minimum Gasteiger partial charge on any atom is -0.488 e. The van der Waals surface area contributed by atoms with Crippen LogP contribution in [0.2, 0.25) is 0 Å². The molecule has 2 aromatic rings. The molecule has 8 heteroatoms. The van der Waals surface area contributed by atoms with Gasteiger partial charge in [0.05, 0.1) is 11.0 Å². The molecule has 1 heterocycles. The quantitative estimate of drug-likeness (QED) is 0.310. The highest BCUT2D eigenvalue weighted by Gasteiger charge is 2.18. The van der Waals surface area contributed by atoms with Crippen LogP contribution in [0.3, 0.4) is 0 Å². The maximum Gasteiger partial charge on any atom is 0.269 e. The van der Waals surface area contributed by atoms with Crippen molar-refractivity contribution in [1.82, 2.24) is 5.32 Å². The largest absolute Gasteiger partial charge is 0.488 e. The summed E-state index contributed by atoms with van der Waals surface area (Å²) in [6.45, 7) is 1.26. The first-order valence-corrected chi connectivity index (χ1v) is 9.53. The van der Waals surface area contributed by atoms with Crippen molar-refractivity contribution in [3.05, 3.63) is 75.3 Å². The van der Waals surface area contributed by atoms with E-state index in [2.05, 4.69) is 5.32 Å². The van der Waals surface area contributed by atoms with E-state index < -0.39 is 10.8 Å². The van der Waals surface area contributed by atoms with Crippen LogP contribution in [0.4, 0.5) is 5.69 Å². The van der Waals surface area contributed by atoms with Crippen LogP contribution in [0.5, 0.6) is 5.75 Å². The lowest BCUT2D eigenvalue weighted by molar-refractivity contribution is -0.384. The number of nitrogens with one attached hydrogen (secondary N) is 1. The Balaban J connectivity index is 1.67. The van der Waals surface area contributed by atoms with Crippen LogP contribution in [-0.2, 0) is 16.1 Å². The predicted molar refractivity (Wildman–Crippen MR) is 109 cm³/mol. The maximum atomic E-state index is 12.4. The molecule has 1 amide bonds. The Hall–Kier alpha value is -3.70. The summed E-state index contributed by atoms with van der Waals surface area (Å²) in [5, 5.41) is 22.9. The molecule has 1 saturated heterocycles. The van der Waals surface area contributed by atoms with Crippen molar-refractivity contribution in [2.75, 3.05) is 13.2 Å². The predicted octanol–water partition coefficient (Wildman–Crippen LogP) is 3.38. The number of nitro benzene ring substituents is 1. The summed E-state index contributed by atoms with van der Waals surface area (Å²) in [6, 6.07) is 15.0. The van der Waals surface area contributed by atoms with Gasteiger partial charge < -0.3 is 14.8 Å². The molecule has 0 spiro atoms. The number of carbonyl (C=O) groups is 1. The second-order valence-electron chi connectivity index (χ2n) is 6.76. The molecule has 1 fully saturated rings. The summed E-state index contributed by atoms with van der Waals surface area (Å²) < 4.78 is 11.3. The lowest BCUT2D eigenvalue weighted by Gasteiger charge is -2.11. The second kappa shape index (κ2) is 10.2. The third-order valence-electron chi connectivity index (χ3n) is 4.64. The number of nitro groups is 1. The van der Waals surface area contributed by atoms with E-state index in [1.165, 1.54) is 18.2 Å². The molecule has 8 nitrogen and oxygen atoms in total. The number of nitriles is 1. The van der Waals surface area contributed by atoms with Crippen molar-refractivity contribution in [3.63, 3.8) is 0 Å². The zero-order valence-corrected chi connectivity index (χ0v) is 16.2. The molecule has 0 aromatic heterocycles. The van der Waals surface area contributed by atoms with Gasteiger partial charge in [-0.15, -0.1) is 0 Å². The van der Waals surface area contributed by atoms with Gasteiger partial charge in [0.15, 0.2) is 0 Å². The number of hydrogen-bond acceptors (Lipinski definition) is 6. The minimum absolute atomic E-state index is 0.00814. The van der Waals surface area contributed by atoms with E-state index in [-0.39, 0.29) is 24.0 Å². The molecule has 0 radical (unpaired) electrons. The number of benzene rings is 2. The number of nitrogens with zero attached hydrogens (tertiary/aromatic N) is 2. The maximum absolute atomic E-state index is 12.4. The summed E-state index contributed by atoms with van der Waals surface area (Å²) in [4.78, 5) is 22.6. The summed E-state index contributed by atoms with van der Waals surface area (Å²) in [5.41, 5.74) is 1.33. The van der Waals surface area contributed by atoms with Gasteiger partial charge in [0.1, 0.15) is 24.0 Å². The molecule has 0 saturated carbocycles. The monoisotopic (exact) mass is 407 g/mol. The molecule has 0 bridgehead atoms. The summed E-state index contributed by atoms with van der Waals surface area (Å²) in [7, 11) is 0. The smallest absolute Gasteiger partial charge is 0.269 e. The Morgan fingerprint density at radius 1 is 1.30 bits per heavy atom. The number of carbonyl (C=O) groups excluding carboxylic acids is 1. The minimum atomic E-state index is -0.460. The normalized spacial score (nSPS) is 16.0. The fourth-order valence-electron chi connectivity index (χ4n) is 3.02. The molecule has 1 atom stereocenters. The summed E-state index contributed by atoms with van der Waals surface area (Å²) in [5.74, 6) is 0.0358. The average Bonchev–Trinajstić information content (AvgIpc) is 3.29. The van der Waals surface area contributed by atoms with Gasteiger partial charge in [-0.25, -0.2) is 0 Å². The first kappa shape index (κ1) is 21.0. The fourth-order valence-corrected chi connectivity index (χ4v) is 3.02. The SMILES string of the molecule is N#C/C(=C/c1ccccc1OCc1ccc([N+](=O)[O-])cc1)C(=O)NC[C@@H]1CCCO1. The van der Waals surface area contributed by atoms with Gasteiger partial charge in [-0.2, -0.15) is 5.26 Å². The Morgan fingerprint density at radius 3 is 2.73 bits per heavy atom. The number of amides is 1. The molecule has 30 heavy (non-hydrogen) atoms. The van der Waals surface area contributed by atoms with Crippen molar-refractivity contribution in [3.8, 4) is 11.8 Å². The third kappa shape index (κ3) is 5.65. The molecule has 1 aliphatic heterocycles. The third-order valence-corrected chi connectivity index (χ3v) is 4.64. The van der Waals surface area contributed by atoms with Crippen molar-refractivity contribution in [2.24, 2.45) is 0 Å². The summed E-state index contributed by atoms with van der Waals surface area (Å²) >= 11 is 0. The number of ether oxygens (including phenoxy) is 2. The van der Waals surface area contributed by atoms with E-state index in [0.29, 0.717) is 24.5 Å². The number of rotatable bonds is 8. The van der Waals surface area contributed by atoms with Crippen molar-refractivity contribution >= 4 is 17.7 Å². The molecule has 3 rings (SSSR count). The van der Waals surface area contributed by atoms with E-state index in [9.17, 15) is 20.2 Å². The Bertz CT molecular complexity index is 973. The van der Waals surface area contributed by atoms with Gasteiger partial charge in [-0.05, 0) is 42.7 Å². The fraction of sp³-hybridized carbons (Fsp3) is 0.273. The van der Waals surface area contributed by atoms with E-state index in [4.69, 9.17) is 9.47 Å². The van der Waals surface area contributed by atoms with Gasteiger partial charge >= 0.3 is 0 Å². The van der Waals surface area contributed by atoms with Crippen LogP contribution in [0.1, 0.15) is 24.0 Å². The van der Waals surface area contributed by atoms with Crippen LogP contribution >= 0.6 is 0 Å². The molecule has 0 aliphatic carbocycles. The lowest BCUT2D eigenvalue weighted by atomic mass is 10.1. The molecule has 1 N–H and O–H groups in total.